The van der Waals surface area contributed by atoms with Crippen LogP contribution >= 0.6 is 0 Å². The van der Waals surface area contributed by atoms with Crippen LogP contribution in [0.4, 0.5) is 5.69 Å². The molecule has 0 aliphatic rings. The second-order valence-electron chi connectivity index (χ2n) is 4.10. The van der Waals surface area contributed by atoms with E-state index in [4.69, 9.17) is 5.11 Å². The normalized spacial score (nSPS) is 9.85. The zero-order valence-corrected chi connectivity index (χ0v) is 10.9. The molecule has 0 saturated heterocycles. The molecule has 1 amide bonds. The number of hydrogen-bond donors (Lipinski definition) is 1. The topological polar surface area (TPSA) is 101 Å². The van der Waals surface area contributed by atoms with Gasteiger partial charge in [-0.2, -0.15) is 0 Å². The van der Waals surface area contributed by atoms with Crippen LogP contribution in [0.25, 0.3) is 0 Å². The maximum Gasteiger partial charge on any atom is 0.323 e. The Hall–Kier alpha value is -2.70. The predicted octanol–water partition coefficient (Wildman–Crippen LogP) is 1.62. The molecule has 0 bridgehead atoms. The number of carbonyl (C=O) groups is 2. The molecule has 0 spiro atoms. The summed E-state index contributed by atoms with van der Waals surface area (Å²) < 4.78 is 0. The van der Waals surface area contributed by atoms with Gasteiger partial charge in [-0.25, -0.2) is 0 Å². The highest BCUT2D eigenvalue weighted by atomic mass is 16.6. The number of aryl methyl sites for hydroxylation is 1. The first-order valence-corrected chi connectivity index (χ1v) is 5.74. The van der Waals surface area contributed by atoms with Gasteiger partial charge < -0.3 is 10.0 Å². The third kappa shape index (κ3) is 3.41. The van der Waals surface area contributed by atoms with Gasteiger partial charge in [0.2, 0.25) is 0 Å². The van der Waals surface area contributed by atoms with E-state index in [9.17, 15) is 19.7 Å². The van der Waals surface area contributed by atoms with Gasteiger partial charge in [-0.15, -0.1) is 6.58 Å². The number of carboxylic acid groups (broad SMARTS) is 1. The van der Waals surface area contributed by atoms with E-state index in [2.05, 4.69) is 6.58 Å². The summed E-state index contributed by atoms with van der Waals surface area (Å²) in [6, 6.07) is 4.35. The third-order valence-electron chi connectivity index (χ3n) is 2.61. The molecule has 7 nitrogen and oxygen atoms in total. The summed E-state index contributed by atoms with van der Waals surface area (Å²) in [5, 5.41) is 19.8. The monoisotopic (exact) mass is 278 g/mol. The van der Waals surface area contributed by atoms with Gasteiger partial charge >= 0.3 is 5.97 Å². The highest BCUT2D eigenvalue weighted by molar-refractivity contribution is 6.00. The van der Waals surface area contributed by atoms with Crippen molar-refractivity contribution in [2.24, 2.45) is 0 Å². The molecule has 0 aliphatic carbocycles. The van der Waals surface area contributed by atoms with E-state index in [1.165, 1.54) is 31.2 Å². The zero-order valence-electron chi connectivity index (χ0n) is 10.9. The van der Waals surface area contributed by atoms with Crippen molar-refractivity contribution >= 4 is 17.6 Å². The van der Waals surface area contributed by atoms with Crippen LogP contribution in [0.1, 0.15) is 15.9 Å². The minimum absolute atomic E-state index is 0.00374. The molecule has 7 heteroatoms. The van der Waals surface area contributed by atoms with Crippen molar-refractivity contribution in [1.82, 2.24) is 4.90 Å². The Kier molecular flexibility index (Phi) is 4.96. The van der Waals surface area contributed by atoms with Gasteiger partial charge in [-0.3, -0.25) is 19.7 Å². The smallest absolute Gasteiger partial charge is 0.323 e. The van der Waals surface area contributed by atoms with E-state index in [0.29, 0.717) is 5.56 Å². The van der Waals surface area contributed by atoms with Crippen LogP contribution in [0.5, 0.6) is 0 Å². The van der Waals surface area contributed by atoms with Crippen molar-refractivity contribution < 1.29 is 19.6 Å². The van der Waals surface area contributed by atoms with Gasteiger partial charge in [0.1, 0.15) is 12.1 Å². The van der Waals surface area contributed by atoms with Gasteiger partial charge in [0.05, 0.1) is 4.92 Å². The molecule has 0 heterocycles. The highest BCUT2D eigenvalue weighted by Gasteiger charge is 2.26. The number of rotatable bonds is 6. The number of para-hydroxylation sites is 1. The van der Waals surface area contributed by atoms with E-state index in [0.717, 1.165) is 4.90 Å². The first-order chi connectivity index (χ1) is 9.38. The van der Waals surface area contributed by atoms with Gasteiger partial charge in [0, 0.05) is 12.1 Å². The molecule has 1 rings (SSSR count). The molecule has 106 valence electrons. The number of carbonyl (C=O) groups excluding carboxylic acids is 1. The minimum atomic E-state index is -1.20. The van der Waals surface area contributed by atoms with Crippen molar-refractivity contribution in [3.63, 3.8) is 0 Å². The molecule has 0 aromatic heterocycles. The minimum Gasteiger partial charge on any atom is -0.480 e. The first kappa shape index (κ1) is 15.4. The fourth-order valence-electron chi connectivity index (χ4n) is 1.78. The van der Waals surface area contributed by atoms with Crippen molar-refractivity contribution in [3.05, 3.63) is 52.1 Å². The Balaban J connectivity index is 3.24. The van der Waals surface area contributed by atoms with Crippen LogP contribution in [-0.4, -0.2) is 39.9 Å². The van der Waals surface area contributed by atoms with Crippen LogP contribution in [0.3, 0.4) is 0 Å². The number of aliphatic carboxylic acids is 1. The number of hydrogen-bond acceptors (Lipinski definition) is 4. The van der Waals surface area contributed by atoms with Crippen LogP contribution in [0.2, 0.25) is 0 Å². The van der Waals surface area contributed by atoms with Crippen LogP contribution in [0, 0.1) is 17.0 Å². The average molecular weight is 278 g/mol. The summed E-state index contributed by atoms with van der Waals surface area (Å²) in [6.07, 6.45) is 1.36. The van der Waals surface area contributed by atoms with Gasteiger partial charge in [-0.1, -0.05) is 18.2 Å². The molecule has 0 saturated carbocycles. The van der Waals surface area contributed by atoms with E-state index in [1.54, 1.807) is 0 Å². The van der Waals surface area contributed by atoms with E-state index in [1.807, 2.05) is 0 Å². The molecule has 20 heavy (non-hydrogen) atoms. The Morgan fingerprint density at radius 1 is 1.50 bits per heavy atom. The summed E-state index contributed by atoms with van der Waals surface area (Å²) in [4.78, 5) is 34.4. The number of amides is 1. The SMILES string of the molecule is C=CCN(CC(=O)O)C(=O)c1cccc(C)c1[N+](=O)[O-]. The van der Waals surface area contributed by atoms with Gasteiger partial charge in [0.15, 0.2) is 0 Å². The Labute approximate surface area is 115 Å². The summed E-state index contributed by atoms with van der Waals surface area (Å²) in [5.41, 5.74) is -0.0928. The molecule has 1 aromatic carbocycles. The quantitative estimate of drug-likeness (QED) is 0.484. The fraction of sp³-hybridized carbons (Fsp3) is 0.231. The van der Waals surface area contributed by atoms with Crippen LogP contribution < -0.4 is 0 Å². The lowest BCUT2D eigenvalue weighted by Crippen LogP contribution is -2.36. The van der Waals surface area contributed by atoms with Crippen molar-refractivity contribution in [2.45, 2.75) is 6.92 Å². The number of benzene rings is 1. The summed E-state index contributed by atoms with van der Waals surface area (Å²) in [6.45, 7) is 4.41. The summed E-state index contributed by atoms with van der Waals surface area (Å²) >= 11 is 0. The van der Waals surface area contributed by atoms with Crippen molar-refractivity contribution in [1.29, 1.82) is 0 Å². The highest BCUT2D eigenvalue weighted by Crippen LogP contribution is 2.24. The lowest BCUT2D eigenvalue weighted by molar-refractivity contribution is -0.385. The Morgan fingerprint density at radius 3 is 2.65 bits per heavy atom. The zero-order chi connectivity index (χ0) is 15.3. The molecule has 0 unspecified atom stereocenters. The van der Waals surface area contributed by atoms with Gasteiger partial charge in [-0.05, 0) is 13.0 Å². The Bertz CT molecular complexity index is 568. The maximum atomic E-state index is 12.3. The van der Waals surface area contributed by atoms with E-state index >= 15 is 0 Å². The molecule has 0 aliphatic heterocycles. The van der Waals surface area contributed by atoms with Crippen LogP contribution in [-0.2, 0) is 4.79 Å². The number of nitro benzene ring substituents is 1. The number of carboxylic acids is 1. The number of nitro groups is 1. The second-order valence-corrected chi connectivity index (χ2v) is 4.10. The largest absolute Gasteiger partial charge is 0.480 e. The van der Waals surface area contributed by atoms with Gasteiger partial charge in [0.25, 0.3) is 11.6 Å². The average Bonchev–Trinajstić information content (AvgIpc) is 2.36. The maximum absolute atomic E-state index is 12.3. The molecular weight excluding hydrogens is 264 g/mol. The molecule has 0 atom stereocenters. The Morgan fingerprint density at radius 2 is 2.15 bits per heavy atom. The lowest BCUT2D eigenvalue weighted by Gasteiger charge is -2.19. The summed E-state index contributed by atoms with van der Waals surface area (Å²) in [7, 11) is 0. The molecule has 0 fully saturated rings. The molecule has 1 N–H and O–H groups in total. The fourth-order valence-corrected chi connectivity index (χ4v) is 1.78. The molecular formula is C13H14N2O5. The standard InChI is InChI=1S/C13H14N2O5/c1-3-7-14(8-11(16)17)13(18)10-6-4-5-9(2)12(10)15(19)20/h3-6H,1,7-8H2,2H3,(H,16,17). The number of nitrogens with zero attached hydrogens (tertiary/aromatic N) is 2. The first-order valence-electron chi connectivity index (χ1n) is 5.74. The van der Waals surface area contributed by atoms with Crippen LogP contribution in [0.15, 0.2) is 30.9 Å². The second kappa shape index (κ2) is 6.46. The van der Waals surface area contributed by atoms with E-state index in [-0.39, 0.29) is 17.8 Å². The summed E-state index contributed by atoms with van der Waals surface area (Å²) in [5.74, 6) is -1.90. The predicted molar refractivity (Wildman–Crippen MR) is 71.6 cm³/mol. The lowest BCUT2D eigenvalue weighted by atomic mass is 10.1. The molecule has 0 radical (unpaired) electrons. The van der Waals surface area contributed by atoms with Crippen molar-refractivity contribution in [2.75, 3.05) is 13.1 Å². The third-order valence-corrected chi connectivity index (χ3v) is 2.61. The van der Waals surface area contributed by atoms with Crippen molar-refractivity contribution in [3.8, 4) is 0 Å². The molecule has 1 aromatic rings. The van der Waals surface area contributed by atoms with E-state index < -0.39 is 23.3 Å².